The summed E-state index contributed by atoms with van der Waals surface area (Å²) in [5, 5.41) is 11.2. The number of nitrogens with zero attached hydrogens (tertiary/aromatic N) is 2. The van der Waals surface area contributed by atoms with Crippen LogP contribution in [-0.4, -0.2) is 25.6 Å². The summed E-state index contributed by atoms with van der Waals surface area (Å²) in [6, 6.07) is 1.95. The summed E-state index contributed by atoms with van der Waals surface area (Å²) in [5.74, 6) is -1.22. The Morgan fingerprint density at radius 3 is 2.82 bits per heavy atom. The predicted molar refractivity (Wildman–Crippen MR) is 83.9 cm³/mol. The molecule has 7 heteroatoms. The number of carbonyl (C=O) groups is 1. The molecule has 3 aromatic heterocycles. The van der Waals surface area contributed by atoms with E-state index >= 15 is 0 Å². The van der Waals surface area contributed by atoms with E-state index in [0.717, 1.165) is 16.1 Å². The molecule has 0 unspecified atom stereocenters. The third-order valence-electron chi connectivity index (χ3n) is 3.50. The first-order valence-corrected chi connectivity index (χ1v) is 7.41. The van der Waals surface area contributed by atoms with Crippen LogP contribution in [0.5, 0.6) is 0 Å². The summed E-state index contributed by atoms with van der Waals surface area (Å²) in [4.78, 5) is 30.7. The monoisotopic (exact) mass is 315 g/mol. The number of imidazole rings is 1. The van der Waals surface area contributed by atoms with Gasteiger partial charge < -0.3 is 14.7 Å². The predicted octanol–water partition coefficient (Wildman–Crippen LogP) is 2.60. The Hall–Kier alpha value is -2.67. The van der Waals surface area contributed by atoms with E-state index in [1.165, 1.54) is 11.3 Å². The van der Waals surface area contributed by atoms with Crippen molar-refractivity contribution in [3.8, 4) is 16.1 Å². The number of thiophene rings is 1. The number of pyridine rings is 1. The van der Waals surface area contributed by atoms with E-state index in [2.05, 4.69) is 9.97 Å². The van der Waals surface area contributed by atoms with E-state index in [-0.39, 0.29) is 5.56 Å². The van der Waals surface area contributed by atoms with Crippen molar-refractivity contribution in [2.24, 2.45) is 0 Å². The Bertz CT molecular complexity index is 907. The molecule has 6 nitrogen and oxygen atoms in total. The van der Waals surface area contributed by atoms with E-state index in [1.807, 2.05) is 22.2 Å². The summed E-state index contributed by atoms with van der Waals surface area (Å²) in [5.41, 5.74) is 2.06. The van der Waals surface area contributed by atoms with Crippen LogP contribution in [0.1, 0.15) is 21.6 Å². The fourth-order valence-electron chi connectivity index (χ4n) is 2.50. The van der Waals surface area contributed by atoms with Gasteiger partial charge in [0.1, 0.15) is 5.56 Å². The summed E-state index contributed by atoms with van der Waals surface area (Å²) >= 11 is 1.49. The van der Waals surface area contributed by atoms with Gasteiger partial charge in [0, 0.05) is 33.9 Å². The van der Waals surface area contributed by atoms with Crippen molar-refractivity contribution in [2.75, 3.05) is 0 Å². The van der Waals surface area contributed by atoms with Gasteiger partial charge in [-0.15, -0.1) is 11.3 Å². The third-order valence-corrected chi connectivity index (χ3v) is 4.44. The van der Waals surface area contributed by atoms with E-state index in [4.69, 9.17) is 0 Å². The molecular weight excluding hydrogens is 302 g/mol. The molecule has 0 aromatic carbocycles. The van der Waals surface area contributed by atoms with Crippen molar-refractivity contribution in [2.45, 2.75) is 13.8 Å². The van der Waals surface area contributed by atoms with Crippen molar-refractivity contribution in [1.82, 2.24) is 14.5 Å². The van der Waals surface area contributed by atoms with Crippen LogP contribution in [-0.2, 0) is 0 Å². The minimum absolute atomic E-state index is 0.210. The first-order chi connectivity index (χ1) is 10.5. The zero-order valence-corrected chi connectivity index (χ0v) is 12.8. The molecule has 2 N–H and O–H groups in total. The van der Waals surface area contributed by atoms with Crippen LogP contribution in [0.3, 0.4) is 0 Å². The number of hydrogen-bond acceptors (Lipinski definition) is 4. The highest BCUT2D eigenvalue weighted by atomic mass is 32.1. The molecule has 0 radical (unpaired) electrons. The van der Waals surface area contributed by atoms with E-state index < -0.39 is 11.5 Å². The molecule has 0 saturated carbocycles. The highest BCUT2D eigenvalue weighted by molar-refractivity contribution is 7.14. The SMILES string of the molecule is Cc1[nH]c(=O)c(C(=O)O)c(C)c1-c1cc(-n2ccnc2)cs1. The molecule has 0 fully saturated rings. The Balaban J connectivity index is 2.19. The van der Waals surface area contributed by atoms with Crippen LogP contribution in [0.2, 0.25) is 0 Å². The lowest BCUT2D eigenvalue weighted by Gasteiger charge is -2.10. The van der Waals surface area contributed by atoms with Crippen LogP contribution in [0, 0.1) is 13.8 Å². The molecular formula is C15H13N3O3S. The normalized spacial score (nSPS) is 10.8. The maximum Gasteiger partial charge on any atom is 0.341 e. The Labute approximate surface area is 129 Å². The zero-order chi connectivity index (χ0) is 15.9. The largest absolute Gasteiger partial charge is 0.477 e. The number of nitrogens with one attached hydrogen (secondary N) is 1. The number of aryl methyl sites for hydroxylation is 1. The van der Waals surface area contributed by atoms with Crippen LogP contribution < -0.4 is 5.56 Å². The van der Waals surface area contributed by atoms with Gasteiger partial charge in [-0.1, -0.05) is 0 Å². The molecule has 3 heterocycles. The summed E-state index contributed by atoms with van der Waals surface area (Å²) in [6.45, 7) is 3.43. The van der Waals surface area contributed by atoms with Gasteiger partial charge in [0.25, 0.3) is 5.56 Å². The second-order valence-corrected chi connectivity index (χ2v) is 5.81. The van der Waals surface area contributed by atoms with Crippen molar-refractivity contribution >= 4 is 17.3 Å². The molecule has 0 amide bonds. The van der Waals surface area contributed by atoms with E-state index in [0.29, 0.717) is 11.3 Å². The van der Waals surface area contributed by atoms with Gasteiger partial charge in [0.2, 0.25) is 0 Å². The molecule has 3 rings (SSSR count). The number of carboxylic acids is 1. The number of aromatic nitrogens is 3. The van der Waals surface area contributed by atoms with Gasteiger partial charge >= 0.3 is 5.97 Å². The van der Waals surface area contributed by atoms with Gasteiger partial charge in [-0.3, -0.25) is 4.79 Å². The molecule has 0 aliphatic carbocycles. The fourth-order valence-corrected chi connectivity index (χ4v) is 3.55. The molecule has 0 saturated heterocycles. The summed E-state index contributed by atoms with van der Waals surface area (Å²) in [7, 11) is 0. The average molecular weight is 315 g/mol. The molecule has 22 heavy (non-hydrogen) atoms. The maximum atomic E-state index is 11.8. The van der Waals surface area contributed by atoms with Crippen molar-refractivity contribution in [3.05, 3.63) is 57.3 Å². The molecule has 0 atom stereocenters. The molecule has 3 aromatic rings. The molecule has 0 aliphatic heterocycles. The smallest absolute Gasteiger partial charge is 0.341 e. The van der Waals surface area contributed by atoms with Crippen LogP contribution >= 0.6 is 11.3 Å². The first-order valence-electron chi connectivity index (χ1n) is 6.53. The number of hydrogen-bond donors (Lipinski definition) is 2. The van der Waals surface area contributed by atoms with Crippen LogP contribution in [0.25, 0.3) is 16.1 Å². The second kappa shape index (κ2) is 5.27. The van der Waals surface area contributed by atoms with Gasteiger partial charge in [-0.25, -0.2) is 9.78 Å². The standard InChI is InChI=1S/C15H13N3O3S/c1-8-12(9(2)17-14(19)13(8)15(20)21)11-5-10(6-22-11)18-4-3-16-7-18/h3-7H,1-2H3,(H,17,19)(H,20,21). The molecule has 0 bridgehead atoms. The van der Waals surface area contributed by atoms with Crippen molar-refractivity contribution in [3.63, 3.8) is 0 Å². The third kappa shape index (κ3) is 2.25. The Kier molecular flexibility index (Phi) is 3.42. The summed E-state index contributed by atoms with van der Waals surface area (Å²) in [6.07, 6.45) is 5.22. The van der Waals surface area contributed by atoms with Gasteiger partial charge in [0.05, 0.1) is 12.0 Å². The Morgan fingerprint density at radius 2 is 2.18 bits per heavy atom. The van der Waals surface area contributed by atoms with Crippen LogP contribution in [0.4, 0.5) is 0 Å². The van der Waals surface area contributed by atoms with Gasteiger partial charge in [-0.05, 0) is 25.5 Å². The number of carboxylic acid groups (broad SMARTS) is 1. The fraction of sp³-hybridized carbons (Fsp3) is 0.133. The van der Waals surface area contributed by atoms with E-state index in [9.17, 15) is 14.7 Å². The summed E-state index contributed by atoms with van der Waals surface area (Å²) < 4.78 is 1.87. The molecule has 0 spiro atoms. The van der Waals surface area contributed by atoms with E-state index in [1.54, 1.807) is 26.4 Å². The van der Waals surface area contributed by atoms with Crippen molar-refractivity contribution in [1.29, 1.82) is 0 Å². The zero-order valence-electron chi connectivity index (χ0n) is 12.0. The number of aromatic amines is 1. The number of rotatable bonds is 3. The lowest BCUT2D eigenvalue weighted by Crippen LogP contribution is -2.21. The van der Waals surface area contributed by atoms with Crippen molar-refractivity contribution < 1.29 is 9.90 Å². The molecule has 112 valence electrons. The van der Waals surface area contributed by atoms with Gasteiger partial charge in [-0.2, -0.15) is 0 Å². The van der Waals surface area contributed by atoms with Gasteiger partial charge in [0.15, 0.2) is 0 Å². The second-order valence-electron chi connectivity index (χ2n) is 4.90. The number of aromatic carboxylic acids is 1. The minimum atomic E-state index is -1.22. The topological polar surface area (TPSA) is 88.0 Å². The lowest BCUT2D eigenvalue weighted by molar-refractivity contribution is 0.0694. The maximum absolute atomic E-state index is 11.8. The van der Waals surface area contributed by atoms with Crippen LogP contribution in [0.15, 0.2) is 35.0 Å². The minimum Gasteiger partial charge on any atom is -0.477 e. The molecule has 0 aliphatic rings. The Morgan fingerprint density at radius 1 is 1.41 bits per heavy atom. The number of H-pyrrole nitrogens is 1. The average Bonchev–Trinajstić information content (AvgIpc) is 3.07. The first kappa shape index (κ1) is 14.3. The highest BCUT2D eigenvalue weighted by Gasteiger charge is 2.19. The highest BCUT2D eigenvalue weighted by Crippen LogP contribution is 2.33. The lowest BCUT2D eigenvalue weighted by atomic mass is 10.0. The quantitative estimate of drug-likeness (QED) is 0.777.